The van der Waals surface area contributed by atoms with Crippen LogP contribution in [-0.4, -0.2) is 43.3 Å². The van der Waals surface area contributed by atoms with Crippen molar-refractivity contribution in [1.29, 1.82) is 0 Å². The van der Waals surface area contributed by atoms with E-state index < -0.39 is 12.0 Å². The van der Waals surface area contributed by atoms with Crippen LogP contribution < -0.4 is 0 Å². The van der Waals surface area contributed by atoms with Crippen molar-refractivity contribution in [2.75, 3.05) is 19.8 Å². The van der Waals surface area contributed by atoms with E-state index in [9.17, 15) is 9.59 Å². The normalized spacial score (nSPS) is 17.1. The summed E-state index contributed by atoms with van der Waals surface area (Å²) < 4.78 is 10.5. The number of Topliss-reactive ketones (excluding diaryl/α,β-unsaturated/α-hetero) is 1. The Kier molecular flexibility index (Phi) is 6.49. The number of carbonyl (C=O) groups excluding carboxylic acids is 2. The Balaban J connectivity index is 2.04. The van der Waals surface area contributed by atoms with Crippen LogP contribution in [0.2, 0.25) is 0 Å². The summed E-state index contributed by atoms with van der Waals surface area (Å²) in [6.07, 6.45) is 0.607. The summed E-state index contributed by atoms with van der Waals surface area (Å²) in [5, 5.41) is 0. The molecule has 1 heterocycles. The third kappa shape index (κ3) is 4.68. The van der Waals surface area contributed by atoms with Crippen molar-refractivity contribution < 1.29 is 19.1 Å². The Morgan fingerprint density at radius 1 is 1.07 bits per heavy atom. The van der Waals surface area contributed by atoms with Crippen LogP contribution in [0.1, 0.15) is 24.5 Å². The first-order valence-corrected chi connectivity index (χ1v) is 9.17. The monoisotopic (exact) mass is 365 g/mol. The highest BCUT2D eigenvalue weighted by molar-refractivity contribution is 6.16. The Labute approximate surface area is 159 Å². The summed E-state index contributed by atoms with van der Waals surface area (Å²) in [7, 11) is 0. The Hall–Kier alpha value is -2.79. The number of ketones is 1. The van der Waals surface area contributed by atoms with Crippen molar-refractivity contribution >= 4 is 17.5 Å². The van der Waals surface area contributed by atoms with Gasteiger partial charge in [0.25, 0.3) is 0 Å². The summed E-state index contributed by atoms with van der Waals surface area (Å²) in [4.78, 5) is 30.1. The van der Waals surface area contributed by atoms with E-state index in [0.717, 1.165) is 11.1 Å². The van der Waals surface area contributed by atoms with Crippen molar-refractivity contribution in [1.82, 2.24) is 0 Å². The number of aliphatic imine (C=N–C) groups is 1. The molecule has 0 spiro atoms. The number of nitrogens with zero attached hydrogens (tertiary/aromatic N) is 1. The highest BCUT2D eigenvalue weighted by Crippen LogP contribution is 2.20. The van der Waals surface area contributed by atoms with Crippen LogP contribution in [0.4, 0.5) is 0 Å². The quantitative estimate of drug-likeness (QED) is 0.430. The maximum Gasteiger partial charge on any atom is 0.338 e. The van der Waals surface area contributed by atoms with Gasteiger partial charge in [-0.15, -0.1) is 0 Å². The van der Waals surface area contributed by atoms with Gasteiger partial charge in [-0.25, -0.2) is 4.79 Å². The molecule has 0 aliphatic carbocycles. The second kappa shape index (κ2) is 9.24. The molecule has 1 saturated heterocycles. The standard InChI is InChI=1S/C22H23NO4/c1-2-27-22(25)20(21(24)18-13-14-26-15-18)23-19(16-9-5-3-6-10-16)17-11-7-4-8-12-17/h3-12,18,20H,2,13-15H2,1H3. The second-order valence-electron chi connectivity index (χ2n) is 6.33. The fraction of sp³-hybridized carbons (Fsp3) is 0.318. The summed E-state index contributed by atoms with van der Waals surface area (Å²) in [6, 6.07) is 17.9. The Bertz CT molecular complexity index is 754. The molecular weight excluding hydrogens is 342 g/mol. The average Bonchev–Trinajstić information content (AvgIpc) is 3.25. The number of hydrogen-bond acceptors (Lipinski definition) is 5. The van der Waals surface area contributed by atoms with E-state index in [1.165, 1.54) is 0 Å². The van der Waals surface area contributed by atoms with Gasteiger partial charge < -0.3 is 9.47 Å². The lowest BCUT2D eigenvalue weighted by atomic mass is 9.96. The van der Waals surface area contributed by atoms with E-state index in [1.54, 1.807) is 6.92 Å². The molecule has 5 nitrogen and oxygen atoms in total. The van der Waals surface area contributed by atoms with Gasteiger partial charge in [-0.05, 0) is 13.3 Å². The van der Waals surface area contributed by atoms with Crippen LogP contribution in [0.15, 0.2) is 65.7 Å². The smallest absolute Gasteiger partial charge is 0.338 e. The molecule has 3 rings (SSSR count). The van der Waals surface area contributed by atoms with E-state index >= 15 is 0 Å². The molecule has 0 aromatic heterocycles. The first-order chi connectivity index (χ1) is 13.2. The van der Waals surface area contributed by atoms with Gasteiger partial charge in [-0.3, -0.25) is 9.79 Å². The van der Waals surface area contributed by atoms with Crippen molar-refractivity contribution in [2.24, 2.45) is 10.9 Å². The fourth-order valence-corrected chi connectivity index (χ4v) is 3.07. The molecule has 1 aliphatic rings. The lowest BCUT2D eigenvalue weighted by Gasteiger charge is -2.16. The van der Waals surface area contributed by atoms with E-state index in [2.05, 4.69) is 4.99 Å². The minimum Gasteiger partial charge on any atom is -0.464 e. The van der Waals surface area contributed by atoms with Gasteiger partial charge in [0.2, 0.25) is 6.04 Å². The van der Waals surface area contributed by atoms with Crippen molar-refractivity contribution in [2.45, 2.75) is 19.4 Å². The highest BCUT2D eigenvalue weighted by atomic mass is 16.5. The van der Waals surface area contributed by atoms with Crippen LogP contribution >= 0.6 is 0 Å². The Morgan fingerprint density at radius 2 is 1.67 bits per heavy atom. The van der Waals surface area contributed by atoms with E-state index in [1.807, 2.05) is 60.7 Å². The molecular formula is C22H23NO4. The molecule has 1 aliphatic heterocycles. The first-order valence-electron chi connectivity index (χ1n) is 9.17. The Morgan fingerprint density at radius 3 is 2.15 bits per heavy atom. The van der Waals surface area contributed by atoms with Crippen molar-refractivity contribution in [3.8, 4) is 0 Å². The van der Waals surface area contributed by atoms with E-state index in [4.69, 9.17) is 9.47 Å². The maximum atomic E-state index is 13.0. The van der Waals surface area contributed by atoms with Crippen LogP contribution in [0.25, 0.3) is 0 Å². The number of hydrogen-bond donors (Lipinski definition) is 0. The molecule has 27 heavy (non-hydrogen) atoms. The number of carbonyl (C=O) groups is 2. The molecule has 5 heteroatoms. The molecule has 2 unspecified atom stereocenters. The van der Waals surface area contributed by atoms with Crippen LogP contribution in [-0.2, 0) is 19.1 Å². The largest absolute Gasteiger partial charge is 0.464 e. The predicted octanol–water partition coefficient (Wildman–Crippen LogP) is 3.06. The maximum absolute atomic E-state index is 13.0. The lowest BCUT2D eigenvalue weighted by molar-refractivity contribution is -0.148. The third-order valence-corrected chi connectivity index (χ3v) is 4.46. The van der Waals surface area contributed by atoms with Gasteiger partial charge in [-0.1, -0.05) is 60.7 Å². The second-order valence-corrected chi connectivity index (χ2v) is 6.33. The van der Waals surface area contributed by atoms with Gasteiger partial charge in [0.1, 0.15) is 0 Å². The van der Waals surface area contributed by atoms with Gasteiger partial charge in [-0.2, -0.15) is 0 Å². The molecule has 2 atom stereocenters. The number of esters is 1. The van der Waals surface area contributed by atoms with Crippen LogP contribution in [0.3, 0.4) is 0 Å². The minimum atomic E-state index is -1.19. The number of rotatable bonds is 7. The first kappa shape index (κ1) is 19.0. The summed E-state index contributed by atoms with van der Waals surface area (Å²) >= 11 is 0. The molecule has 0 N–H and O–H groups in total. The molecule has 2 aromatic rings. The number of ether oxygens (including phenoxy) is 2. The zero-order valence-corrected chi connectivity index (χ0v) is 15.3. The molecule has 140 valence electrons. The van der Waals surface area contributed by atoms with Crippen molar-refractivity contribution in [3.05, 3.63) is 71.8 Å². The summed E-state index contributed by atoms with van der Waals surface area (Å²) in [5.74, 6) is -1.18. The van der Waals surface area contributed by atoms with Gasteiger partial charge in [0.05, 0.1) is 18.9 Å². The molecule has 1 fully saturated rings. The van der Waals surface area contributed by atoms with E-state index in [-0.39, 0.29) is 18.3 Å². The topological polar surface area (TPSA) is 65.0 Å². The zero-order valence-electron chi connectivity index (χ0n) is 15.3. The minimum absolute atomic E-state index is 0.200. The van der Waals surface area contributed by atoms with Gasteiger partial charge in [0, 0.05) is 23.7 Å². The van der Waals surface area contributed by atoms with E-state index in [0.29, 0.717) is 25.3 Å². The molecule has 2 aromatic carbocycles. The fourth-order valence-electron chi connectivity index (χ4n) is 3.07. The molecule has 0 amide bonds. The zero-order chi connectivity index (χ0) is 19.1. The van der Waals surface area contributed by atoms with Gasteiger partial charge >= 0.3 is 5.97 Å². The average molecular weight is 365 g/mol. The summed E-state index contributed by atoms with van der Waals surface area (Å²) in [5.41, 5.74) is 2.28. The van der Waals surface area contributed by atoms with Crippen LogP contribution in [0, 0.1) is 5.92 Å². The predicted molar refractivity (Wildman–Crippen MR) is 103 cm³/mol. The highest BCUT2D eigenvalue weighted by Gasteiger charge is 2.35. The SMILES string of the molecule is CCOC(=O)C(N=C(c1ccccc1)c1ccccc1)C(=O)C1CCOC1. The van der Waals surface area contributed by atoms with Gasteiger partial charge in [0.15, 0.2) is 5.78 Å². The molecule has 0 bridgehead atoms. The number of benzene rings is 2. The summed E-state index contributed by atoms with van der Waals surface area (Å²) in [6.45, 7) is 2.78. The molecule has 0 radical (unpaired) electrons. The van der Waals surface area contributed by atoms with Crippen LogP contribution in [0.5, 0.6) is 0 Å². The third-order valence-electron chi connectivity index (χ3n) is 4.46. The lowest BCUT2D eigenvalue weighted by Crippen LogP contribution is -2.36. The molecule has 0 saturated carbocycles. The van der Waals surface area contributed by atoms with Crippen molar-refractivity contribution in [3.63, 3.8) is 0 Å².